The van der Waals surface area contributed by atoms with Crippen LogP contribution in [0.4, 0.5) is 4.39 Å². The van der Waals surface area contributed by atoms with Gasteiger partial charge in [0.15, 0.2) is 0 Å². The third kappa shape index (κ3) is 3.64. The third-order valence-corrected chi connectivity index (χ3v) is 4.78. The monoisotopic (exact) mass is 293 g/mol. The lowest BCUT2D eigenvalue weighted by Gasteiger charge is -2.43. The average Bonchev–Trinajstić information content (AvgIpc) is 2.51. The van der Waals surface area contributed by atoms with Crippen LogP contribution in [0, 0.1) is 12.7 Å². The van der Waals surface area contributed by atoms with Crippen molar-refractivity contribution in [2.45, 2.75) is 64.0 Å². The molecule has 0 aromatic heterocycles. The standard InChI is InChI=1S/C18H28FNO/c1-4-12-20-17(16-13-15(19)9-8-14(16)2)18(21-3)10-6-5-7-11-18/h8-9,13,17,20H,4-7,10-12H2,1-3H3. The molecule has 2 rings (SSSR count). The molecule has 1 atom stereocenters. The van der Waals surface area contributed by atoms with Gasteiger partial charge in [0, 0.05) is 7.11 Å². The molecule has 2 nitrogen and oxygen atoms in total. The second-order valence-electron chi connectivity index (χ2n) is 6.22. The Morgan fingerprint density at radius 3 is 2.62 bits per heavy atom. The fourth-order valence-electron chi connectivity index (χ4n) is 3.55. The van der Waals surface area contributed by atoms with Crippen LogP contribution in [-0.4, -0.2) is 19.3 Å². The molecule has 0 heterocycles. The van der Waals surface area contributed by atoms with Gasteiger partial charge in [-0.2, -0.15) is 0 Å². The van der Waals surface area contributed by atoms with E-state index in [9.17, 15) is 4.39 Å². The molecule has 1 aromatic carbocycles. The van der Waals surface area contributed by atoms with Gasteiger partial charge in [-0.05, 0) is 56.0 Å². The van der Waals surface area contributed by atoms with Gasteiger partial charge in [0.05, 0.1) is 11.6 Å². The lowest BCUT2D eigenvalue weighted by molar-refractivity contribution is -0.0689. The number of halogens is 1. The number of hydrogen-bond donors (Lipinski definition) is 1. The van der Waals surface area contributed by atoms with Crippen molar-refractivity contribution in [2.75, 3.05) is 13.7 Å². The predicted molar refractivity (Wildman–Crippen MR) is 85.0 cm³/mol. The Hall–Kier alpha value is -0.930. The van der Waals surface area contributed by atoms with Gasteiger partial charge < -0.3 is 10.1 Å². The van der Waals surface area contributed by atoms with E-state index < -0.39 is 0 Å². The van der Waals surface area contributed by atoms with Crippen molar-refractivity contribution in [1.82, 2.24) is 5.32 Å². The summed E-state index contributed by atoms with van der Waals surface area (Å²) >= 11 is 0. The first-order valence-electron chi connectivity index (χ1n) is 8.17. The van der Waals surface area contributed by atoms with Crippen molar-refractivity contribution >= 4 is 0 Å². The molecular formula is C18H28FNO. The van der Waals surface area contributed by atoms with Crippen LogP contribution < -0.4 is 5.32 Å². The molecule has 1 saturated carbocycles. The van der Waals surface area contributed by atoms with Gasteiger partial charge >= 0.3 is 0 Å². The van der Waals surface area contributed by atoms with Crippen molar-refractivity contribution in [3.63, 3.8) is 0 Å². The maximum Gasteiger partial charge on any atom is 0.123 e. The van der Waals surface area contributed by atoms with Crippen LogP contribution in [-0.2, 0) is 4.74 Å². The normalized spacial score (nSPS) is 19.4. The van der Waals surface area contributed by atoms with Gasteiger partial charge in [0.1, 0.15) is 5.82 Å². The van der Waals surface area contributed by atoms with Crippen molar-refractivity contribution in [3.05, 3.63) is 35.1 Å². The molecule has 1 aliphatic rings. The molecule has 0 amide bonds. The molecule has 0 aliphatic heterocycles. The van der Waals surface area contributed by atoms with E-state index >= 15 is 0 Å². The number of benzene rings is 1. The second kappa shape index (κ2) is 7.37. The van der Waals surface area contributed by atoms with E-state index in [1.807, 2.05) is 6.07 Å². The Morgan fingerprint density at radius 2 is 2.00 bits per heavy atom. The lowest BCUT2D eigenvalue weighted by Crippen LogP contribution is -2.47. The summed E-state index contributed by atoms with van der Waals surface area (Å²) in [6.45, 7) is 5.14. The van der Waals surface area contributed by atoms with Crippen LogP contribution in [0.25, 0.3) is 0 Å². The molecule has 1 aromatic rings. The summed E-state index contributed by atoms with van der Waals surface area (Å²) in [5, 5.41) is 3.62. The highest BCUT2D eigenvalue weighted by atomic mass is 19.1. The van der Waals surface area contributed by atoms with E-state index in [0.717, 1.165) is 36.9 Å². The second-order valence-corrected chi connectivity index (χ2v) is 6.22. The molecule has 21 heavy (non-hydrogen) atoms. The summed E-state index contributed by atoms with van der Waals surface area (Å²) in [6, 6.07) is 5.16. The minimum absolute atomic E-state index is 0.0680. The van der Waals surface area contributed by atoms with Crippen LogP contribution in [0.5, 0.6) is 0 Å². The topological polar surface area (TPSA) is 21.3 Å². The molecule has 3 heteroatoms. The molecule has 118 valence electrons. The number of methoxy groups -OCH3 is 1. The zero-order valence-electron chi connectivity index (χ0n) is 13.5. The maximum atomic E-state index is 13.8. The van der Waals surface area contributed by atoms with E-state index in [1.54, 1.807) is 13.2 Å². The Labute approximate surface area is 128 Å². The first-order chi connectivity index (χ1) is 10.1. The predicted octanol–water partition coefficient (Wildman–Crippen LogP) is 4.52. The summed E-state index contributed by atoms with van der Waals surface area (Å²) < 4.78 is 19.8. The molecule has 0 radical (unpaired) electrons. The molecule has 1 aliphatic carbocycles. The van der Waals surface area contributed by atoms with E-state index in [-0.39, 0.29) is 17.5 Å². The zero-order valence-corrected chi connectivity index (χ0v) is 13.5. The van der Waals surface area contributed by atoms with Crippen LogP contribution in [0.3, 0.4) is 0 Å². The molecule has 0 bridgehead atoms. The van der Waals surface area contributed by atoms with Crippen molar-refractivity contribution in [1.29, 1.82) is 0 Å². The lowest BCUT2D eigenvalue weighted by atomic mass is 9.75. The van der Waals surface area contributed by atoms with Gasteiger partial charge in [-0.15, -0.1) is 0 Å². The van der Waals surface area contributed by atoms with Crippen LogP contribution in [0.15, 0.2) is 18.2 Å². The fraction of sp³-hybridized carbons (Fsp3) is 0.667. The zero-order chi connectivity index (χ0) is 15.3. The number of ether oxygens (including phenoxy) is 1. The number of hydrogen-bond acceptors (Lipinski definition) is 2. The largest absolute Gasteiger partial charge is 0.376 e. The molecule has 1 N–H and O–H groups in total. The van der Waals surface area contributed by atoms with E-state index in [2.05, 4.69) is 19.2 Å². The molecule has 1 fully saturated rings. The van der Waals surface area contributed by atoms with Crippen LogP contribution >= 0.6 is 0 Å². The summed E-state index contributed by atoms with van der Waals surface area (Å²) in [6.07, 6.45) is 6.79. The molecular weight excluding hydrogens is 265 g/mol. The van der Waals surface area contributed by atoms with E-state index in [1.165, 1.54) is 25.3 Å². The van der Waals surface area contributed by atoms with Gasteiger partial charge in [0.2, 0.25) is 0 Å². The molecule has 0 saturated heterocycles. The minimum atomic E-state index is -0.202. The van der Waals surface area contributed by atoms with E-state index in [0.29, 0.717) is 0 Å². The van der Waals surface area contributed by atoms with Crippen LogP contribution in [0.1, 0.15) is 62.6 Å². The third-order valence-electron chi connectivity index (χ3n) is 4.78. The summed E-state index contributed by atoms with van der Waals surface area (Å²) in [4.78, 5) is 0. The smallest absolute Gasteiger partial charge is 0.123 e. The van der Waals surface area contributed by atoms with Crippen molar-refractivity contribution in [2.24, 2.45) is 0 Å². The average molecular weight is 293 g/mol. The Bertz CT molecular complexity index is 455. The first-order valence-corrected chi connectivity index (χ1v) is 8.17. The highest BCUT2D eigenvalue weighted by molar-refractivity contribution is 5.32. The minimum Gasteiger partial charge on any atom is -0.376 e. The summed E-state index contributed by atoms with van der Waals surface area (Å²) in [5.41, 5.74) is 1.98. The Balaban J connectivity index is 2.38. The first kappa shape index (κ1) is 16.4. The summed E-state index contributed by atoms with van der Waals surface area (Å²) in [5.74, 6) is -0.166. The van der Waals surface area contributed by atoms with Gasteiger partial charge in [0.25, 0.3) is 0 Å². The number of nitrogens with one attached hydrogen (secondary N) is 1. The van der Waals surface area contributed by atoms with Crippen molar-refractivity contribution in [3.8, 4) is 0 Å². The van der Waals surface area contributed by atoms with Gasteiger partial charge in [-0.25, -0.2) is 4.39 Å². The summed E-state index contributed by atoms with van der Waals surface area (Å²) in [7, 11) is 1.81. The maximum absolute atomic E-state index is 13.8. The highest BCUT2D eigenvalue weighted by Gasteiger charge is 2.41. The quantitative estimate of drug-likeness (QED) is 0.832. The van der Waals surface area contributed by atoms with Gasteiger partial charge in [-0.3, -0.25) is 0 Å². The van der Waals surface area contributed by atoms with E-state index in [4.69, 9.17) is 4.74 Å². The molecule has 1 unspecified atom stereocenters. The number of rotatable bonds is 6. The van der Waals surface area contributed by atoms with Crippen LogP contribution in [0.2, 0.25) is 0 Å². The highest BCUT2D eigenvalue weighted by Crippen LogP contribution is 2.42. The fourth-order valence-corrected chi connectivity index (χ4v) is 3.55. The SMILES string of the molecule is CCCNC(c1cc(F)ccc1C)C1(OC)CCCCC1. The number of aryl methyl sites for hydroxylation is 1. The van der Waals surface area contributed by atoms with Gasteiger partial charge in [-0.1, -0.05) is 32.3 Å². The Kier molecular flexibility index (Phi) is 5.77. The molecule has 0 spiro atoms. The Morgan fingerprint density at radius 1 is 1.29 bits per heavy atom. The van der Waals surface area contributed by atoms with Crippen molar-refractivity contribution < 1.29 is 9.13 Å².